The number of phenols is 1. The third-order valence-corrected chi connectivity index (χ3v) is 5.46. The Morgan fingerprint density at radius 1 is 1.17 bits per heavy atom. The van der Waals surface area contributed by atoms with E-state index in [0.29, 0.717) is 18.0 Å². The Balaban J connectivity index is 1.68. The fraction of sp³-hybridized carbons (Fsp3) is 0.304. The van der Waals surface area contributed by atoms with Crippen molar-refractivity contribution in [2.45, 2.75) is 32.7 Å². The van der Waals surface area contributed by atoms with E-state index in [-0.39, 0.29) is 11.3 Å². The van der Waals surface area contributed by atoms with Gasteiger partial charge in [-0.25, -0.2) is 8.78 Å². The van der Waals surface area contributed by atoms with Crippen LogP contribution < -0.4 is 9.64 Å². The minimum Gasteiger partial charge on any atom is -0.508 e. The van der Waals surface area contributed by atoms with Crippen molar-refractivity contribution in [3.63, 3.8) is 0 Å². The van der Waals surface area contributed by atoms with E-state index in [2.05, 4.69) is 16.8 Å². The van der Waals surface area contributed by atoms with Crippen molar-refractivity contribution in [3.8, 4) is 22.8 Å². The molecule has 0 unspecified atom stereocenters. The molecule has 1 aliphatic rings. The van der Waals surface area contributed by atoms with E-state index >= 15 is 0 Å². The summed E-state index contributed by atoms with van der Waals surface area (Å²) in [5.41, 5.74) is 4.22. The predicted molar refractivity (Wildman–Crippen MR) is 110 cm³/mol. The van der Waals surface area contributed by atoms with Crippen LogP contribution >= 0.6 is 0 Å². The number of aromatic amines is 1. The summed E-state index contributed by atoms with van der Waals surface area (Å²) in [4.78, 5) is 5.37. The van der Waals surface area contributed by atoms with Crippen molar-refractivity contribution in [2.24, 2.45) is 0 Å². The summed E-state index contributed by atoms with van der Waals surface area (Å²) >= 11 is 0. The van der Waals surface area contributed by atoms with Crippen molar-refractivity contribution in [1.29, 1.82) is 0 Å². The zero-order chi connectivity index (χ0) is 20.5. The predicted octanol–water partition coefficient (Wildman–Crippen LogP) is 5.19. The van der Waals surface area contributed by atoms with Gasteiger partial charge in [0.25, 0.3) is 0 Å². The van der Waals surface area contributed by atoms with E-state index in [4.69, 9.17) is 4.74 Å². The van der Waals surface area contributed by atoms with Gasteiger partial charge in [0.1, 0.15) is 23.1 Å². The topological polar surface area (TPSA) is 48.5 Å². The molecule has 0 atom stereocenters. The first-order chi connectivity index (χ1) is 14.0. The van der Waals surface area contributed by atoms with Crippen LogP contribution in [-0.4, -0.2) is 23.7 Å². The number of fused-ring (bicyclic) bond motifs is 1. The van der Waals surface area contributed by atoms with E-state index in [1.165, 1.54) is 18.2 Å². The molecule has 0 aliphatic carbocycles. The second-order valence-electron chi connectivity index (χ2n) is 7.36. The van der Waals surface area contributed by atoms with Crippen LogP contribution in [0.3, 0.4) is 0 Å². The third kappa shape index (κ3) is 3.55. The first-order valence-corrected chi connectivity index (χ1v) is 9.81. The lowest BCUT2D eigenvalue weighted by molar-refractivity contribution is 0.405. The number of hydrogen-bond acceptors (Lipinski definition) is 3. The molecule has 2 N–H and O–H groups in total. The normalized spacial score (nSPS) is 13.4. The van der Waals surface area contributed by atoms with E-state index in [9.17, 15) is 13.9 Å². The Labute approximate surface area is 168 Å². The minimum absolute atomic E-state index is 0.0269. The molecule has 4 rings (SSSR count). The maximum atomic E-state index is 14.2. The van der Waals surface area contributed by atoms with Crippen LogP contribution in [0.25, 0.3) is 11.3 Å². The van der Waals surface area contributed by atoms with Crippen molar-refractivity contribution >= 4 is 5.69 Å². The number of hydrogen-bond donors (Lipinski definition) is 2. The maximum Gasteiger partial charge on any atom is 0.145 e. The van der Waals surface area contributed by atoms with Crippen LogP contribution in [0.5, 0.6) is 11.5 Å². The summed E-state index contributed by atoms with van der Waals surface area (Å²) in [6.45, 7) is 3.40. The molecule has 0 saturated carbocycles. The van der Waals surface area contributed by atoms with Gasteiger partial charge in [0.15, 0.2) is 0 Å². The molecule has 6 heteroatoms. The summed E-state index contributed by atoms with van der Waals surface area (Å²) < 4.78 is 33.9. The molecule has 29 heavy (non-hydrogen) atoms. The largest absolute Gasteiger partial charge is 0.508 e. The van der Waals surface area contributed by atoms with Gasteiger partial charge >= 0.3 is 0 Å². The van der Waals surface area contributed by atoms with Crippen LogP contribution in [0.4, 0.5) is 14.5 Å². The Bertz CT molecular complexity index is 1030. The van der Waals surface area contributed by atoms with Gasteiger partial charge in [-0.3, -0.25) is 0 Å². The number of ether oxygens (including phenoxy) is 1. The molecule has 0 saturated heterocycles. The van der Waals surface area contributed by atoms with Gasteiger partial charge in [0, 0.05) is 31.3 Å². The quantitative estimate of drug-likeness (QED) is 0.622. The number of rotatable bonds is 5. The molecular formula is C23H24F2N2O2. The number of nitrogens with one attached hydrogen (secondary N) is 1. The highest BCUT2D eigenvalue weighted by Gasteiger charge is 2.24. The number of halogens is 2. The molecule has 2 aromatic carbocycles. The number of aromatic nitrogens is 1. The maximum absolute atomic E-state index is 14.2. The summed E-state index contributed by atoms with van der Waals surface area (Å²) in [5.74, 6) is -0.305. The van der Waals surface area contributed by atoms with Gasteiger partial charge in [0.2, 0.25) is 0 Å². The first-order valence-electron chi connectivity index (χ1n) is 9.81. The highest BCUT2D eigenvalue weighted by molar-refractivity contribution is 5.67. The third-order valence-electron chi connectivity index (χ3n) is 5.46. The zero-order valence-electron chi connectivity index (χ0n) is 16.6. The molecule has 0 fully saturated rings. The van der Waals surface area contributed by atoms with Crippen molar-refractivity contribution < 1.29 is 18.6 Å². The molecular weight excluding hydrogens is 374 g/mol. The lowest BCUT2D eigenvalue weighted by Gasteiger charge is -2.30. The number of phenolic OH excluding ortho intramolecular Hbond substituents is 1. The second kappa shape index (κ2) is 7.78. The summed E-state index contributed by atoms with van der Waals surface area (Å²) in [7, 11) is 1.59. The van der Waals surface area contributed by atoms with Gasteiger partial charge in [-0.1, -0.05) is 19.4 Å². The molecule has 0 radical (unpaired) electrons. The van der Waals surface area contributed by atoms with E-state index < -0.39 is 11.6 Å². The molecule has 2 heterocycles. The van der Waals surface area contributed by atoms with Crippen LogP contribution in [0.2, 0.25) is 0 Å². The van der Waals surface area contributed by atoms with E-state index in [1.807, 2.05) is 12.1 Å². The van der Waals surface area contributed by atoms with Crippen molar-refractivity contribution in [1.82, 2.24) is 4.98 Å². The molecule has 1 aromatic heterocycles. The Hall–Kier alpha value is -3.02. The highest BCUT2D eigenvalue weighted by atomic mass is 19.1. The standard InChI is InChI=1S/C23H24F2N2O2/c1-3-5-14-11-20(22(29-2)12-21(14)28)27-9-8-18-15(13-27)10-19(26-18)23-16(24)6-4-7-17(23)25/h4,6-7,10-12,26,28H,3,5,8-9,13H2,1-2H3. The number of nitrogens with zero attached hydrogens (tertiary/aromatic N) is 1. The summed E-state index contributed by atoms with van der Waals surface area (Å²) in [6.07, 6.45) is 2.43. The van der Waals surface area contributed by atoms with Crippen molar-refractivity contribution in [3.05, 3.63) is 64.9 Å². The van der Waals surface area contributed by atoms with Crippen LogP contribution in [0.1, 0.15) is 30.2 Å². The highest BCUT2D eigenvalue weighted by Crippen LogP contribution is 2.38. The molecule has 3 aromatic rings. The Kier molecular flexibility index (Phi) is 5.18. The lowest BCUT2D eigenvalue weighted by atomic mass is 10.0. The molecule has 1 aliphatic heterocycles. The number of aryl methyl sites for hydroxylation is 1. The molecule has 0 spiro atoms. The molecule has 152 valence electrons. The van der Waals surface area contributed by atoms with Gasteiger partial charge in [-0.2, -0.15) is 0 Å². The van der Waals surface area contributed by atoms with Gasteiger partial charge in [-0.15, -0.1) is 0 Å². The van der Waals surface area contributed by atoms with Crippen LogP contribution in [0.15, 0.2) is 36.4 Å². The van der Waals surface area contributed by atoms with Crippen LogP contribution in [0, 0.1) is 11.6 Å². The number of benzene rings is 2. The summed E-state index contributed by atoms with van der Waals surface area (Å²) in [6, 6.07) is 9.36. The molecule has 0 amide bonds. The average Bonchev–Trinajstić information content (AvgIpc) is 3.11. The molecule has 0 bridgehead atoms. The smallest absolute Gasteiger partial charge is 0.145 e. The second-order valence-corrected chi connectivity index (χ2v) is 7.36. The lowest BCUT2D eigenvalue weighted by Crippen LogP contribution is -2.30. The van der Waals surface area contributed by atoms with E-state index in [0.717, 1.165) is 48.3 Å². The summed E-state index contributed by atoms with van der Waals surface area (Å²) in [5, 5.41) is 10.2. The number of methoxy groups -OCH3 is 1. The Morgan fingerprint density at radius 3 is 2.62 bits per heavy atom. The number of aromatic hydroxyl groups is 1. The molecule has 4 nitrogen and oxygen atoms in total. The van der Waals surface area contributed by atoms with Gasteiger partial charge in [0.05, 0.1) is 24.1 Å². The SMILES string of the molecule is CCCc1cc(N2CCc3[nH]c(-c4c(F)cccc4F)cc3C2)c(OC)cc1O. The van der Waals surface area contributed by atoms with E-state index in [1.54, 1.807) is 13.2 Å². The van der Waals surface area contributed by atoms with Crippen molar-refractivity contribution in [2.75, 3.05) is 18.6 Å². The fourth-order valence-electron chi connectivity index (χ4n) is 4.01. The Morgan fingerprint density at radius 2 is 1.93 bits per heavy atom. The van der Waals surface area contributed by atoms with Gasteiger partial charge < -0.3 is 19.7 Å². The number of anilines is 1. The average molecular weight is 398 g/mol. The monoisotopic (exact) mass is 398 g/mol. The fourth-order valence-corrected chi connectivity index (χ4v) is 4.01. The number of H-pyrrole nitrogens is 1. The van der Waals surface area contributed by atoms with Gasteiger partial charge in [-0.05, 0) is 41.8 Å². The first kappa shape index (κ1) is 19.3. The minimum atomic E-state index is -0.579. The zero-order valence-corrected chi connectivity index (χ0v) is 16.6. The van der Waals surface area contributed by atoms with Crippen LogP contribution in [-0.2, 0) is 19.4 Å².